The number of rotatable bonds is 0. The van der Waals surface area contributed by atoms with Gasteiger partial charge in [0.1, 0.15) is 0 Å². The molecule has 10 heteroatoms. The molecule has 0 heterocycles. The molecule has 48 valence electrons. The van der Waals surface area contributed by atoms with E-state index in [1.165, 1.54) is 0 Å². The van der Waals surface area contributed by atoms with Crippen molar-refractivity contribution in [3.63, 3.8) is 0 Å². The van der Waals surface area contributed by atoms with Crippen LogP contribution in [0.15, 0.2) is 0 Å². The maximum atomic E-state index is 8.52. The average Bonchev–Trinajstić information content (AvgIpc) is 1.25. The molecule has 0 saturated heterocycles. The van der Waals surface area contributed by atoms with Gasteiger partial charge in [-0.2, -0.15) is 0 Å². The van der Waals surface area contributed by atoms with Crippen LogP contribution in [0, 0.1) is 0 Å². The zero-order chi connectivity index (χ0) is 7.15. The summed E-state index contributed by atoms with van der Waals surface area (Å²) >= 11 is 0. The van der Waals surface area contributed by atoms with E-state index in [4.69, 9.17) is 29.1 Å². The van der Waals surface area contributed by atoms with Gasteiger partial charge in [0.2, 0.25) is 6.16 Å². The van der Waals surface area contributed by atoms with Crippen LogP contribution in [0.4, 0.5) is 4.79 Å². The van der Waals surface area contributed by atoms with E-state index in [1.54, 1.807) is 0 Å². The van der Waals surface area contributed by atoms with Gasteiger partial charge in [0.05, 0.1) is 0 Å². The molecule has 0 aliphatic rings. The molecule has 0 fully saturated rings. The Bertz CT molecular complexity index is 75.8. The Morgan fingerprint density at radius 2 is 1.18 bits per heavy atom. The van der Waals surface area contributed by atoms with Crippen molar-refractivity contribution in [2.75, 3.05) is 0 Å². The molecule has 0 bridgehead atoms. The second-order valence-electron chi connectivity index (χ2n) is 0.516. The van der Waals surface area contributed by atoms with Gasteiger partial charge < -0.3 is 29.1 Å². The molecule has 6 nitrogen and oxygen atoms in total. The Morgan fingerprint density at radius 1 is 1.18 bits per heavy atom. The van der Waals surface area contributed by atoms with Crippen LogP contribution in [0.2, 0.25) is 0 Å². The monoisotopic (exact) mass is 206 g/mol. The van der Waals surface area contributed by atoms with Crippen molar-refractivity contribution in [1.29, 1.82) is 0 Å². The van der Waals surface area contributed by atoms with Gasteiger partial charge in [-0.15, -0.1) is 0 Å². The normalized spacial score (nSPS) is 4.36. The van der Waals surface area contributed by atoms with Crippen molar-refractivity contribution in [2.24, 2.45) is 0 Å². The molecule has 0 amide bonds. The summed E-state index contributed by atoms with van der Waals surface area (Å²) in [4.78, 5) is 25.5. The molecular formula is CHNa3O6Si. The molecule has 0 unspecified atom stereocenters. The van der Waals surface area contributed by atoms with Gasteiger partial charge >= 0.3 is 88.7 Å². The first-order valence-corrected chi connectivity index (χ1v) is 2.47. The third-order valence-electron chi connectivity index (χ3n) is 0. The van der Waals surface area contributed by atoms with Crippen molar-refractivity contribution >= 4 is 15.3 Å². The Labute approximate surface area is 131 Å². The third-order valence-corrected chi connectivity index (χ3v) is 0. The zero-order valence-corrected chi connectivity index (χ0v) is 13.5. The topological polar surface area (TPSA) is 124 Å². The predicted octanol–water partition coefficient (Wildman–Crippen LogP) is -13.0. The number of hydrogen-bond acceptors (Lipinski definition) is 5. The third kappa shape index (κ3) is 326. The van der Waals surface area contributed by atoms with Crippen LogP contribution in [-0.4, -0.2) is 20.4 Å². The summed E-state index contributed by atoms with van der Waals surface area (Å²) in [6.07, 6.45) is -2.08. The Kier molecular flexibility index (Phi) is 60.3. The quantitative estimate of drug-likeness (QED) is 0.392. The van der Waals surface area contributed by atoms with E-state index in [9.17, 15) is 0 Å². The van der Waals surface area contributed by atoms with Gasteiger partial charge in [0.15, 0.2) is 0 Å². The van der Waals surface area contributed by atoms with Crippen molar-refractivity contribution in [2.45, 2.75) is 0 Å². The molecule has 0 aliphatic heterocycles. The van der Waals surface area contributed by atoms with Crippen molar-refractivity contribution in [3.05, 3.63) is 0 Å². The SMILES string of the molecule is O=C([O-])O.O=[Si]([O-])[O-].[Na+].[Na+].[Na+]. The Balaban J connectivity index is -0.0000000171. The molecule has 0 spiro atoms. The second kappa shape index (κ2) is 22.6. The van der Waals surface area contributed by atoms with Crippen molar-refractivity contribution < 1.29 is 118 Å². The fourth-order valence-electron chi connectivity index (χ4n) is 0. The minimum Gasteiger partial charge on any atom is -0.672 e. The summed E-state index contributed by atoms with van der Waals surface area (Å²) < 4.78 is 8.52. The van der Waals surface area contributed by atoms with Crippen LogP contribution in [0.5, 0.6) is 0 Å². The zero-order valence-electron chi connectivity index (χ0n) is 6.49. The van der Waals surface area contributed by atoms with E-state index in [1.807, 2.05) is 0 Å². The van der Waals surface area contributed by atoms with Crippen molar-refractivity contribution in [3.8, 4) is 0 Å². The van der Waals surface area contributed by atoms with Crippen LogP contribution < -0.4 is 103 Å². The van der Waals surface area contributed by atoms with Crippen LogP contribution >= 0.6 is 0 Å². The molecule has 1 N–H and O–H groups in total. The summed E-state index contributed by atoms with van der Waals surface area (Å²) in [5.74, 6) is 0. The molecule has 0 radical (unpaired) electrons. The summed E-state index contributed by atoms with van der Waals surface area (Å²) in [6.45, 7) is 0. The molecule has 0 aromatic heterocycles. The molecule has 0 aromatic rings. The largest absolute Gasteiger partial charge is 1.00 e. The fourth-order valence-corrected chi connectivity index (χ4v) is 0. The van der Waals surface area contributed by atoms with E-state index in [2.05, 4.69) is 0 Å². The van der Waals surface area contributed by atoms with Gasteiger partial charge in [-0.3, -0.25) is 0 Å². The van der Waals surface area contributed by atoms with Gasteiger partial charge in [-0.1, -0.05) is 0 Å². The fraction of sp³-hybridized carbons (Fsp3) is 0. The first kappa shape index (κ1) is 29.3. The Morgan fingerprint density at radius 3 is 1.18 bits per heavy atom. The smallest absolute Gasteiger partial charge is 0.672 e. The van der Waals surface area contributed by atoms with Crippen LogP contribution in [0.25, 0.3) is 0 Å². The van der Waals surface area contributed by atoms with Gasteiger partial charge in [0, 0.05) is 9.17 Å². The summed E-state index contributed by atoms with van der Waals surface area (Å²) in [5, 5.41) is 15.3. The molecule has 0 aliphatic carbocycles. The van der Waals surface area contributed by atoms with Gasteiger partial charge in [0.25, 0.3) is 0 Å². The molecule has 11 heavy (non-hydrogen) atoms. The maximum absolute atomic E-state index is 8.52. The van der Waals surface area contributed by atoms with E-state index < -0.39 is 15.3 Å². The van der Waals surface area contributed by atoms with Crippen molar-refractivity contribution in [1.82, 2.24) is 0 Å². The first-order valence-electron chi connectivity index (χ1n) is 1.24. The van der Waals surface area contributed by atoms with E-state index in [0.717, 1.165) is 0 Å². The van der Waals surface area contributed by atoms with E-state index in [0.29, 0.717) is 0 Å². The average molecular weight is 206 g/mol. The number of hydrogen-bond donors (Lipinski definition) is 1. The van der Waals surface area contributed by atoms with Crippen LogP contribution in [-0.2, 0) is 4.46 Å². The van der Waals surface area contributed by atoms with Gasteiger partial charge in [-0.05, 0) is 0 Å². The van der Waals surface area contributed by atoms with Crippen LogP contribution in [0.1, 0.15) is 0 Å². The molecule has 0 rings (SSSR count). The Hall–Kier alpha value is 1.89. The summed E-state index contributed by atoms with van der Waals surface area (Å²) in [7, 11) is -3.63. The minimum absolute atomic E-state index is 0. The standard InChI is InChI=1S/CH2O3.3Na.O3Si/c2-1(3)4;;;;1-4(2)3/h(H2,2,3,4);;;;/q;3*+1;-2/p-1. The maximum Gasteiger partial charge on any atom is 1.00 e. The molecule has 0 atom stereocenters. The summed E-state index contributed by atoms with van der Waals surface area (Å²) in [6, 6.07) is 0. The van der Waals surface area contributed by atoms with E-state index >= 15 is 0 Å². The van der Waals surface area contributed by atoms with Crippen LogP contribution in [0.3, 0.4) is 0 Å². The molecular weight excluding hydrogens is 205 g/mol. The number of carbonyl (C=O) groups is 1. The minimum atomic E-state index is -3.63. The van der Waals surface area contributed by atoms with E-state index in [-0.39, 0.29) is 88.7 Å². The number of carboxylic acid groups (broad SMARTS) is 2. The molecule has 0 aromatic carbocycles. The molecule has 0 saturated carbocycles. The second-order valence-corrected chi connectivity index (χ2v) is 1.02. The van der Waals surface area contributed by atoms with Gasteiger partial charge in [-0.25, -0.2) is 0 Å². The summed E-state index contributed by atoms with van der Waals surface area (Å²) in [5.41, 5.74) is 0. The predicted molar refractivity (Wildman–Crippen MR) is 14.5 cm³/mol. The first-order chi connectivity index (χ1) is 3.46.